The van der Waals surface area contributed by atoms with Gasteiger partial charge in [0.25, 0.3) is 5.91 Å². The van der Waals surface area contributed by atoms with Crippen LogP contribution in [0.4, 0.5) is 11.8 Å². The Hall–Kier alpha value is -3.63. The molecule has 1 amide bonds. The lowest BCUT2D eigenvalue weighted by Gasteiger charge is -2.28. The summed E-state index contributed by atoms with van der Waals surface area (Å²) in [4.78, 5) is 34.3. The number of fused-ring (bicyclic) bond motifs is 1. The highest BCUT2D eigenvalue weighted by atomic mass is 32.1. The molecule has 2 N–H and O–H groups in total. The Labute approximate surface area is 194 Å². The minimum Gasteiger partial charge on any atom is -0.378 e. The van der Waals surface area contributed by atoms with Crippen LogP contribution >= 0.6 is 11.3 Å². The average molecular weight is 462 g/mol. The summed E-state index contributed by atoms with van der Waals surface area (Å²) in [6, 6.07) is 7.63. The van der Waals surface area contributed by atoms with Crippen LogP contribution in [0.5, 0.6) is 0 Å². The van der Waals surface area contributed by atoms with Gasteiger partial charge in [-0.25, -0.2) is 19.9 Å². The quantitative estimate of drug-likeness (QED) is 0.494. The second kappa shape index (κ2) is 8.72. The first-order chi connectivity index (χ1) is 16.0. The Morgan fingerprint density at radius 1 is 1.12 bits per heavy atom. The number of nitrogens with zero attached hydrogens (tertiary/aromatic N) is 6. The van der Waals surface area contributed by atoms with Crippen molar-refractivity contribution in [3.63, 3.8) is 0 Å². The molecule has 1 aliphatic heterocycles. The van der Waals surface area contributed by atoms with Gasteiger partial charge >= 0.3 is 0 Å². The Kier molecular flexibility index (Phi) is 5.61. The topological polar surface area (TPSA) is 110 Å². The number of morpholine rings is 1. The third kappa shape index (κ3) is 4.10. The van der Waals surface area contributed by atoms with Crippen molar-refractivity contribution in [1.29, 1.82) is 0 Å². The van der Waals surface area contributed by atoms with Crippen LogP contribution in [0.3, 0.4) is 0 Å². The highest BCUT2D eigenvalue weighted by Gasteiger charge is 2.22. The molecule has 0 radical (unpaired) electrons. The number of aromatic nitrogens is 4. The van der Waals surface area contributed by atoms with Gasteiger partial charge in [-0.2, -0.15) is 0 Å². The second-order valence-electron chi connectivity index (χ2n) is 7.91. The number of nitrogens with two attached hydrogens (primary N) is 1. The summed E-state index contributed by atoms with van der Waals surface area (Å²) in [6.45, 7) is 2.81. The van der Waals surface area contributed by atoms with Gasteiger partial charge in [0.1, 0.15) is 0 Å². The predicted octanol–water partition coefficient (Wildman–Crippen LogP) is 2.94. The van der Waals surface area contributed by atoms with Crippen molar-refractivity contribution >= 4 is 39.2 Å². The molecule has 1 aromatic carbocycles. The van der Waals surface area contributed by atoms with Gasteiger partial charge in [0.15, 0.2) is 11.6 Å². The summed E-state index contributed by atoms with van der Waals surface area (Å²) in [5.74, 6) is 1.56. The van der Waals surface area contributed by atoms with Crippen LogP contribution in [0.2, 0.25) is 0 Å². The van der Waals surface area contributed by atoms with E-state index in [9.17, 15) is 4.79 Å². The number of hydrogen-bond acceptors (Lipinski definition) is 9. The normalized spacial score (nSPS) is 13.9. The summed E-state index contributed by atoms with van der Waals surface area (Å²) in [5, 5.41) is 2.08. The molecule has 0 spiro atoms. The van der Waals surface area contributed by atoms with Gasteiger partial charge in [0, 0.05) is 56.1 Å². The van der Waals surface area contributed by atoms with E-state index in [2.05, 4.69) is 20.2 Å². The zero-order valence-electron chi connectivity index (χ0n) is 18.4. The molecule has 0 saturated carbocycles. The van der Waals surface area contributed by atoms with Gasteiger partial charge in [0.2, 0.25) is 5.95 Å². The standard InChI is InChI=1S/C23H23N7O2S/c1-29(2)22(31)15-5-3-4-14(10-15)17-13-33-19-18(17)27-20(16-11-25-23(24)26-12-16)28-21(19)30-6-8-32-9-7-30/h3-5,10-13H,6-9H2,1-2H3,(H2,24,25,26). The number of benzene rings is 1. The van der Waals surface area contributed by atoms with Crippen molar-refractivity contribution in [3.05, 3.63) is 47.6 Å². The number of hydrogen-bond donors (Lipinski definition) is 1. The summed E-state index contributed by atoms with van der Waals surface area (Å²) >= 11 is 1.60. The molecule has 9 nitrogen and oxygen atoms in total. The number of carbonyl (C=O) groups is 1. The van der Waals surface area contributed by atoms with Gasteiger partial charge < -0.3 is 20.3 Å². The molecule has 4 aromatic rings. The van der Waals surface area contributed by atoms with E-state index in [0.717, 1.165) is 40.3 Å². The fraction of sp³-hybridized carbons (Fsp3) is 0.261. The van der Waals surface area contributed by atoms with E-state index in [0.29, 0.717) is 30.2 Å². The Bertz CT molecular complexity index is 1310. The maximum Gasteiger partial charge on any atom is 0.253 e. The van der Waals surface area contributed by atoms with Crippen LogP contribution in [-0.2, 0) is 4.74 Å². The van der Waals surface area contributed by atoms with Crippen LogP contribution in [0.1, 0.15) is 10.4 Å². The van der Waals surface area contributed by atoms with E-state index < -0.39 is 0 Å². The number of rotatable bonds is 4. The zero-order valence-corrected chi connectivity index (χ0v) is 19.2. The fourth-order valence-electron chi connectivity index (χ4n) is 3.76. The molecular weight excluding hydrogens is 438 g/mol. The molecule has 0 unspecified atom stereocenters. The lowest BCUT2D eigenvalue weighted by molar-refractivity contribution is 0.0827. The van der Waals surface area contributed by atoms with Crippen molar-refractivity contribution in [2.75, 3.05) is 51.0 Å². The zero-order chi connectivity index (χ0) is 22.9. The number of anilines is 2. The monoisotopic (exact) mass is 461 g/mol. The van der Waals surface area contributed by atoms with E-state index in [-0.39, 0.29) is 11.9 Å². The molecule has 10 heteroatoms. The van der Waals surface area contributed by atoms with E-state index in [1.165, 1.54) is 0 Å². The number of carbonyl (C=O) groups excluding carboxylic acids is 1. The Morgan fingerprint density at radius 2 is 1.88 bits per heavy atom. The van der Waals surface area contributed by atoms with Gasteiger partial charge in [-0.3, -0.25) is 4.79 Å². The van der Waals surface area contributed by atoms with Crippen LogP contribution in [0.25, 0.3) is 32.7 Å². The number of nitrogen functional groups attached to an aromatic ring is 1. The lowest BCUT2D eigenvalue weighted by atomic mass is 10.0. The van der Waals surface area contributed by atoms with Crippen molar-refractivity contribution in [2.24, 2.45) is 0 Å². The summed E-state index contributed by atoms with van der Waals surface area (Å²) in [5.41, 5.74) is 9.71. The molecule has 0 aliphatic carbocycles. The second-order valence-corrected chi connectivity index (χ2v) is 8.79. The molecule has 1 saturated heterocycles. The van der Waals surface area contributed by atoms with E-state index in [1.807, 2.05) is 24.3 Å². The van der Waals surface area contributed by atoms with Gasteiger partial charge in [-0.15, -0.1) is 11.3 Å². The van der Waals surface area contributed by atoms with Crippen molar-refractivity contribution in [1.82, 2.24) is 24.8 Å². The van der Waals surface area contributed by atoms with Crippen molar-refractivity contribution in [2.45, 2.75) is 0 Å². The summed E-state index contributed by atoms with van der Waals surface area (Å²) in [6.07, 6.45) is 3.27. The third-order valence-corrected chi connectivity index (χ3v) is 6.43. The Morgan fingerprint density at radius 3 is 2.61 bits per heavy atom. The van der Waals surface area contributed by atoms with Crippen LogP contribution in [0.15, 0.2) is 42.0 Å². The first-order valence-corrected chi connectivity index (χ1v) is 11.4. The van der Waals surface area contributed by atoms with E-state index in [1.54, 1.807) is 42.7 Å². The van der Waals surface area contributed by atoms with Crippen molar-refractivity contribution < 1.29 is 9.53 Å². The molecule has 3 aromatic heterocycles. The highest BCUT2D eigenvalue weighted by molar-refractivity contribution is 7.18. The SMILES string of the molecule is CN(C)C(=O)c1cccc(-c2csc3c(N4CCOCC4)nc(-c4cnc(N)nc4)nc23)c1. The number of thiophene rings is 1. The molecule has 1 fully saturated rings. The maximum atomic E-state index is 12.5. The molecule has 0 atom stereocenters. The highest BCUT2D eigenvalue weighted by Crippen LogP contribution is 2.39. The first kappa shape index (κ1) is 21.2. The molecule has 0 bridgehead atoms. The maximum absolute atomic E-state index is 12.5. The Balaban J connectivity index is 1.68. The summed E-state index contributed by atoms with van der Waals surface area (Å²) < 4.78 is 6.54. The predicted molar refractivity (Wildman–Crippen MR) is 129 cm³/mol. The van der Waals surface area contributed by atoms with Crippen LogP contribution in [-0.4, -0.2) is 71.1 Å². The largest absolute Gasteiger partial charge is 0.378 e. The smallest absolute Gasteiger partial charge is 0.253 e. The van der Waals surface area contributed by atoms with E-state index in [4.69, 9.17) is 20.4 Å². The molecule has 1 aliphatic rings. The van der Waals surface area contributed by atoms with Crippen LogP contribution in [0, 0.1) is 0 Å². The van der Waals surface area contributed by atoms with E-state index >= 15 is 0 Å². The lowest BCUT2D eigenvalue weighted by Crippen LogP contribution is -2.36. The van der Waals surface area contributed by atoms with Crippen LogP contribution < -0.4 is 10.6 Å². The molecular formula is C23H23N7O2S. The molecule has 4 heterocycles. The van der Waals surface area contributed by atoms with Gasteiger partial charge in [-0.05, 0) is 17.7 Å². The van der Waals surface area contributed by atoms with Gasteiger partial charge in [-0.1, -0.05) is 12.1 Å². The number of amides is 1. The minimum atomic E-state index is -0.0419. The molecule has 5 rings (SSSR count). The first-order valence-electron chi connectivity index (χ1n) is 10.5. The minimum absolute atomic E-state index is 0.0419. The molecule has 33 heavy (non-hydrogen) atoms. The third-order valence-electron chi connectivity index (χ3n) is 5.46. The van der Waals surface area contributed by atoms with Crippen molar-refractivity contribution in [3.8, 4) is 22.5 Å². The molecule has 168 valence electrons. The average Bonchev–Trinajstić information content (AvgIpc) is 3.28. The number of ether oxygens (including phenoxy) is 1. The summed E-state index contributed by atoms with van der Waals surface area (Å²) in [7, 11) is 3.50. The van der Waals surface area contributed by atoms with Gasteiger partial charge in [0.05, 0.1) is 29.0 Å². The fourth-order valence-corrected chi connectivity index (χ4v) is 4.79.